The smallest absolute Gasteiger partial charge is 0.0367 e. The number of benzene rings is 5. The van der Waals surface area contributed by atoms with E-state index in [1.165, 1.54) is 58.9 Å². The molecule has 6 aromatic rings. The Morgan fingerprint density at radius 3 is 1.66 bits per heavy atom. The van der Waals surface area contributed by atoms with Crippen molar-refractivity contribution in [2.45, 2.75) is 0 Å². The number of hydrogen-bond acceptors (Lipinski definition) is 3. The molecule has 0 saturated carbocycles. The number of rotatable bonds is 3. The highest BCUT2D eigenvalue weighted by Crippen LogP contribution is 2.40. The number of nitrogens with one attached hydrogen (secondary N) is 1. The Hall–Kier alpha value is -3.66. The number of anilines is 1. The Bertz CT molecular complexity index is 1640. The van der Waals surface area contributed by atoms with Gasteiger partial charge in [-0.1, -0.05) is 72.8 Å². The second kappa shape index (κ2) is 8.53. The fourth-order valence-corrected chi connectivity index (χ4v) is 6.48. The molecule has 1 aliphatic heterocycles. The number of fused-ring (bicyclic) bond motifs is 6. The van der Waals surface area contributed by atoms with Crippen LogP contribution in [0.2, 0.25) is 0 Å². The SMILES string of the molecule is c1ccc2c(c1)c1ccccc1c1cc(-c3ccc(-c4ccc(N5CCNCC5)cc4)s3)ccc21. The number of nitrogens with zero attached hydrogens (tertiary/aromatic N) is 1. The molecule has 35 heavy (non-hydrogen) atoms. The highest BCUT2D eigenvalue weighted by molar-refractivity contribution is 7.18. The molecule has 0 bridgehead atoms. The van der Waals surface area contributed by atoms with Crippen molar-refractivity contribution in [2.75, 3.05) is 31.1 Å². The Kier molecular flexibility index (Phi) is 5.04. The summed E-state index contributed by atoms with van der Waals surface area (Å²) in [7, 11) is 0. The first kappa shape index (κ1) is 20.7. The monoisotopic (exact) mass is 470 g/mol. The van der Waals surface area contributed by atoms with Crippen LogP contribution in [0.4, 0.5) is 5.69 Å². The third kappa shape index (κ3) is 3.59. The lowest BCUT2D eigenvalue weighted by molar-refractivity contribution is 0.589. The first-order valence-electron chi connectivity index (χ1n) is 12.3. The maximum Gasteiger partial charge on any atom is 0.0367 e. The zero-order valence-corrected chi connectivity index (χ0v) is 20.3. The summed E-state index contributed by atoms with van der Waals surface area (Å²) in [6.45, 7) is 4.28. The summed E-state index contributed by atoms with van der Waals surface area (Å²) in [6, 6.07) is 38.2. The third-order valence-corrected chi connectivity index (χ3v) is 8.45. The Labute approximate surface area is 209 Å². The van der Waals surface area contributed by atoms with Crippen molar-refractivity contribution < 1.29 is 0 Å². The topological polar surface area (TPSA) is 15.3 Å². The zero-order valence-electron chi connectivity index (χ0n) is 19.5. The van der Waals surface area contributed by atoms with Crippen molar-refractivity contribution in [3.05, 3.63) is 103 Å². The second-order valence-corrected chi connectivity index (χ2v) is 10.4. The van der Waals surface area contributed by atoms with Crippen LogP contribution in [0, 0.1) is 0 Å². The van der Waals surface area contributed by atoms with Crippen LogP contribution < -0.4 is 10.2 Å². The van der Waals surface area contributed by atoms with E-state index in [9.17, 15) is 0 Å². The lowest BCUT2D eigenvalue weighted by Crippen LogP contribution is -2.43. The van der Waals surface area contributed by atoms with Crippen LogP contribution in [0.1, 0.15) is 0 Å². The number of thiophene rings is 1. The molecule has 3 heteroatoms. The van der Waals surface area contributed by atoms with E-state index in [1.807, 2.05) is 11.3 Å². The van der Waals surface area contributed by atoms with E-state index >= 15 is 0 Å². The number of hydrogen-bond donors (Lipinski definition) is 1. The quantitative estimate of drug-likeness (QED) is 0.264. The summed E-state index contributed by atoms with van der Waals surface area (Å²) >= 11 is 1.87. The molecule has 5 aromatic carbocycles. The first-order chi connectivity index (χ1) is 17.3. The van der Waals surface area contributed by atoms with E-state index in [2.05, 4.69) is 113 Å². The van der Waals surface area contributed by atoms with Gasteiger partial charge in [0.2, 0.25) is 0 Å². The second-order valence-electron chi connectivity index (χ2n) is 9.30. The molecule has 0 aliphatic carbocycles. The maximum absolute atomic E-state index is 3.43. The molecule has 1 N–H and O–H groups in total. The third-order valence-electron chi connectivity index (χ3n) is 7.27. The lowest BCUT2D eigenvalue weighted by atomic mass is 9.93. The van der Waals surface area contributed by atoms with E-state index in [4.69, 9.17) is 0 Å². The van der Waals surface area contributed by atoms with Crippen molar-refractivity contribution in [3.63, 3.8) is 0 Å². The fourth-order valence-electron chi connectivity index (χ4n) is 5.47. The fraction of sp³-hybridized carbons (Fsp3) is 0.125. The molecule has 0 radical (unpaired) electrons. The van der Waals surface area contributed by atoms with Crippen LogP contribution in [0.25, 0.3) is 53.2 Å². The van der Waals surface area contributed by atoms with Gasteiger partial charge in [0.05, 0.1) is 0 Å². The number of piperazine rings is 1. The van der Waals surface area contributed by atoms with Gasteiger partial charge < -0.3 is 10.2 Å². The Morgan fingerprint density at radius 2 is 1.03 bits per heavy atom. The lowest BCUT2D eigenvalue weighted by Gasteiger charge is -2.29. The molecule has 1 fully saturated rings. The summed E-state index contributed by atoms with van der Waals surface area (Å²) < 4.78 is 0. The molecular formula is C32H26N2S. The molecule has 0 amide bonds. The molecule has 0 spiro atoms. The average molecular weight is 471 g/mol. The normalized spacial score (nSPS) is 14.2. The van der Waals surface area contributed by atoms with Gasteiger partial charge >= 0.3 is 0 Å². The minimum absolute atomic E-state index is 1.06. The van der Waals surface area contributed by atoms with Crippen LogP contribution >= 0.6 is 11.3 Å². The van der Waals surface area contributed by atoms with E-state index in [0.717, 1.165) is 26.2 Å². The molecule has 2 heterocycles. The molecule has 1 saturated heterocycles. The zero-order chi connectivity index (χ0) is 23.2. The molecule has 1 aromatic heterocycles. The Morgan fingerprint density at radius 1 is 0.514 bits per heavy atom. The van der Waals surface area contributed by atoms with E-state index in [1.54, 1.807) is 0 Å². The van der Waals surface area contributed by atoms with Gasteiger partial charge in [-0.2, -0.15) is 0 Å². The molecule has 1 aliphatic rings. The highest BCUT2D eigenvalue weighted by Gasteiger charge is 2.13. The van der Waals surface area contributed by atoms with Gasteiger partial charge in [0, 0.05) is 41.6 Å². The standard InChI is InChI=1S/C32H26N2S/c1-2-7-27-25(5-1)26-6-3-4-8-28(26)30-21-23(11-14-29(27)30)32-16-15-31(35-32)22-9-12-24(13-10-22)34-19-17-33-18-20-34/h1-16,21,33H,17-20H2. The van der Waals surface area contributed by atoms with E-state index < -0.39 is 0 Å². The Balaban J connectivity index is 1.28. The molecular weight excluding hydrogens is 444 g/mol. The molecule has 170 valence electrons. The summed E-state index contributed by atoms with van der Waals surface area (Å²) in [4.78, 5) is 5.09. The summed E-state index contributed by atoms with van der Waals surface area (Å²) in [5, 5.41) is 11.4. The first-order valence-corrected chi connectivity index (χ1v) is 13.2. The molecule has 7 rings (SSSR count). The van der Waals surface area contributed by atoms with Gasteiger partial charge in [-0.05, 0) is 73.8 Å². The molecule has 0 unspecified atom stereocenters. The highest BCUT2D eigenvalue weighted by atomic mass is 32.1. The van der Waals surface area contributed by atoms with Crippen LogP contribution in [-0.4, -0.2) is 26.2 Å². The predicted molar refractivity (Wildman–Crippen MR) is 153 cm³/mol. The maximum atomic E-state index is 3.43. The van der Waals surface area contributed by atoms with Gasteiger partial charge in [0.25, 0.3) is 0 Å². The van der Waals surface area contributed by atoms with Crippen molar-refractivity contribution in [2.24, 2.45) is 0 Å². The van der Waals surface area contributed by atoms with Crippen molar-refractivity contribution in [3.8, 4) is 20.9 Å². The van der Waals surface area contributed by atoms with Gasteiger partial charge in [0.15, 0.2) is 0 Å². The largest absolute Gasteiger partial charge is 0.369 e. The predicted octanol–water partition coefficient (Wildman–Crippen LogP) is 7.95. The van der Waals surface area contributed by atoms with Gasteiger partial charge in [0.1, 0.15) is 0 Å². The summed E-state index contributed by atoms with van der Waals surface area (Å²) in [5.74, 6) is 0. The summed E-state index contributed by atoms with van der Waals surface area (Å²) in [6.07, 6.45) is 0. The van der Waals surface area contributed by atoms with Gasteiger partial charge in [-0.3, -0.25) is 0 Å². The van der Waals surface area contributed by atoms with Crippen LogP contribution in [0.15, 0.2) is 103 Å². The molecule has 2 nitrogen and oxygen atoms in total. The van der Waals surface area contributed by atoms with Crippen LogP contribution in [0.5, 0.6) is 0 Å². The van der Waals surface area contributed by atoms with E-state index in [-0.39, 0.29) is 0 Å². The van der Waals surface area contributed by atoms with Gasteiger partial charge in [-0.15, -0.1) is 11.3 Å². The minimum atomic E-state index is 1.06. The van der Waals surface area contributed by atoms with E-state index in [0.29, 0.717) is 0 Å². The van der Waals surface area contributed by atoms with Crippen LogP contribution in [-0.2, 0) is 0 Å². The molecule has 0 atom stereocenters. The van der Waals surface area contributed by atoms with Crippen molar-refractivity contribution >= 4 is 49.3 Å². The minimum Gasteiger partial charge on any atom is -0.369 e. The summed E-state index contributed by atoms with van der Waals surface area (Å²) in [5.41, 5.74) is 3.89. The van der Waals surface area contributed by atoms with Crippen LogP contribution in [0.3, 0.4) is 0 Å². The van der Waals surface area contributed by atoms with Crippen molar-refractivity contribution in [1.82, 2.24) is 5.32 Å². The van der Waals surface area contributed by atoms with Gasteiger partial charge in [-0.25, -0.2) is 0 Å². The van der Waals surface area contributed by atoms with Crippen molar-refractivity contribution in [1.29, 1.82) is 0 Å². The average Bonchev–Trinajstić information content (AvgIpc) is 3.44.